The van der Waals surface area contributed by atoms with Crippen molar-refractivity contribution in [3.63, 3.8) is 0 Å². The summed E-state index contributed by atoms with van der Waals surface area (Å²) in [5.41, 5.74) is 2.55. The lowest BCUT2D eigenvalue weighted by Gasteiger charge is -2.30. The number of piperidine rings is 1. The Morgan fingerprint density at radius 1 is 1.31 bits per heavy atom. The fourth-order valence-electron chi connectivity index (χ4n) is 3.00. The minimum absolute atomic E-state index is 0.0820. The number of esters is 1. The molecular weight excluding hydrogens is 350 g/mol. The summed E-state index contributed by atoms with van der Waals surface area (Å²) in [5.74, 6) is -0.341. The molecule has 3 rings (SSSR count). The molecule has 138 valence electrons. The highest BCUT2D eigenvalue weighted by molar-refractivity contribution is 7.14. The third kappa shape index (κ3) is 4.22. The second-order valence-electron chi connectivity index (χ2n) is 6.30. The zero-order chi connectivity index (χ0) is 18.5. The number of nitrogens with zero attached hydrogens (tertiary/aromatic N) is 2. The number of hydrogen-bond donors (Lipinski definition) is 1. The van der Waals surface area contributed by atoms with Crippen molar-refractivity contribution >= 4 is 34.0 Å². The first-order valence-corrected chi connectivity index (χ1v) is 9.70. The molecule has 1 aliphatic heterocycles. The van der Waals surface area contributed by atoms with E-state index in [9.17, 15) is 9.59 Å². The Bertz CT molecular complexity index is 782. The Balaban J connectivity index is 1.59. The number of rotatable bonds is 5. The van der Waals surface area contributed by atoms with Crippen LogP contribution in [0.5, 0.6) is 0 Å². The number of nitrogens with one attached hydrogen (secondary N) is 1. The van der Waals surface area contributed by atoms with Gasteiger partial charge in [-0.1, -0.05) is 18.2 Å². The number of hydrogen-bond acceptors (Lipinski definition) is 6. The van der Waals surface area contributed by atoms with Gasteiger partial charge in [0.05, 0.1) is 12.5 Å². The third-order valence-electron chi connectivity index (χ3n) is 4.51. The average Bonchev–Trinajstić information content (AvgIpc) is 3.12. The zero-order valence-corrected chi connectivity index (χ0v) is 15.8. The van der Waals surface area contributed by atoms with E-state index in [0.29, 0.717) is 43.4 Å². The van der Waals surface area contributed by atoms with Gasteiger partial charge in [0.15, 0.2) is 5.13 Å². The van der Waals surface area contributed by atoms with Crippen molar-refractivity contribution < 1.29 is 14.3 Å². The Hall–Kier alpha value is -2.41. The van der Waals surface area contributed by atoms with Crippen molar-refractivity contribution in [1.82, 2.24) is 9.88 Å². The summed E-state index contributed by atoms with van der Waals surface area (Å²) in [7, 11) is 0. The second kappa shape index (κ2) is 8.31. The molecule has 1 N–H and O–H groups in total. The predicted molar refractivity (Wildman–Crippen MR) is 102 cm³/mol. The molecule has 1 aliphatic rings. The number of amides is 1. The van der Waals surface area contributed by atoms with Crippen LogP contribution in [0.4, 0.5) is 10.8 Å². The molecule has 2 aromatic rings. The highest BCUT2D eigenvalue weighted by Gasteiger charge is 2.29. The van der Waals surface area contributed by atoms with Crippen molar-refractivity contribution in [2.45, 2.75) is 26.7 Å². The Morgan fingerprint density at radius 3 is 2.73 bits per heavy atom. The van der Waals surface area contributed by atoms with Gasteiger partial charge in [-0.3, -0.25) is 9.59 Å². The van der Waals surface area contributed by atoms with Crippen LogP contribution in [-0.2, 0) is 9.53 Å². The summed E-state index contributed by atoms with van der Waals surface area (Å²) < 4.78 is 5.07. The molecule has 0 bridgehead atoms. The minimum atomic E-state index is -0.155. The van der Waals surface area contributed by atoms with E-state index in [0.717, 1.165) is 11.3 Å². The van der Waals surface area contributed by atoms with E-state index in [1.54, 1.807) is 17.2 Å². The molecule has 0 spiro atoms. The summed E-state index contributed by atoms with van der Waals surface area (Å²) >= 11 is 1.41. The number of thiazole rings is 1. The van der Waals surface area contributed by atoms with Gasteiger partial charge in [0, 0.05) is 24.2 Å². The summed E-state index contributed by atoms with van der Waals surface area (Å²) in [4.78, 5) is 30.7. The van der Waals surface area contributed by atoms with Crippen LogP contribution in [0.25, 0.3) is 0 Å². The summed E-state index contributed by atoms with van der Waals surface area (Å²) in [6.45, 7) is 5.34. The molecule has 1 fully saturated rings. The number of aryl methyl sites for hydroxylation is 1. The SMILES string of the molecule is CCOC(=O)C1CCN(C(=O)c2csc(Nc3ccccc3C)n2)CC1. The van der Waals surface area contributed by atoms with E-state index >= 15 is 0 Å². The molecule has 26 heavy (non-hydrogen) atoms. The molecule has 1 aromatic heterocycles. The van der Waals surface area contributed by atoms with Crippen LogP contribution in [0.15, 0.2) is 29.6 Å². The minimum Gasteiger partial charge on any atom is -0.466 e. The topological polar surface area (TPSA) is 71.5 Å². The van der Waals surface area contributed by atoms with Gasteiger partial charge in [-0.05, 0) is 38.3 Å². The molecule has 0 atom stereocenters. The first-order valence-electron chi connectivity index (χ1n) is 8.82. The fraction of sp³-hybridized carbons (Fsp3) is 0.421. The van der Waals surface area contributed by atoms with Crippen molar-refractivity contribution in [2.24, 2.45) is 5.92 Å². The smallest absolute Gasteiger partial charge is 0.309 e. The van der Waals surface area contributed by atoms with Crippen molar-refractivity contribution in [3.8, 4) is 0 Å². The Kier molecular flexibility index (Phi) is 5.88. The molecule has 0 saturated carbocycles. The van der Waals surface area contributed by atoms with Crippen molar-refractivity contribution in [1.29, 1.82) is 0 Å². The molecular formula is C19H23N3O3S. The molecule has 6 nitrogen and oxygen atoms in total. The third-order valence-corrected chi connectivity index (χ3v) is 5.27. The van der Waals surface area contributed by atoms with Crippen LogP contribution < -0.4 is 5.32 Å². The van der Waals surface area contributed by atoms with Gasteiger partial charge in [-0.2, -0.15) is 0 Å². The standard InChI is InChI=1S/C19H23N3O3S/c1-3-25-18(24)14-8-10-22(11-9-14)17(23)16-12-26-19(21-16)20-15-7-5-4-6-13(15)2/h4-7,12,14H,3,8-11H2,1-2H3,(H,20,21). The lowest BCUT2D eigenvalue weighted by molar-refractivity contribution is -0.149. The van der Waals surface area contributed by atoms with Gasteiger partial charge in [-0.25, -0.2) is 4.98 Å². The number of benzene rings is 1. The van der Waals surface area contributed by atoms with Crippen LogP contribution in [0.1, 0.15) is 35.8 Å². The predicted octanol–water partition coefficient (Wildman–Crippen LogP) is 3.61. The highest BCUT2D eigenvalue weighted by Crippen LogP contribution is 2.25. The number of anilines is 2. The molecule has 1 aromatic carbocycles. The first kappa shape index (κ1) is 18.4. The van der Waals surface area contributed by atoms with Crippen LogP contribution in [-0.4, -0.2) is 41.5 Å². The number of carbonyl (C=O) groups is 2. The normalized spacial score (nSPS) is 14.9. The van der Waals surface area contributed by atoms with Gasteiger partial charge >= 0.3 is 5.97 Å². The lowest BCUT2D eigenvalue weighted by Crippen LogP contribution is -2.40. The summed E-state index contributed by atoms with van der Waals surface area (Å²) in [5, 5.41) is 5.74. The van der Waals surface area contributed by atoms with E-state index in [1.165, 1.54) is 11.3 Å². The molecule has 2 heterocycles. The van der Waals surface area contributed by atoms with Gasteiger partial charge < -0.3 is 15.0 Å². The van der Waals surface area contributed by atoms with E-state index in [2.05, 4.69) is 10.3 Å². The lowest BCUT2D eigenvalue weighted by atomic mass is 9.97. The second-order valence-corrected chi connectivity index (χ2v) is 7.15. The molecule has 0 unspecified atom stereocenters. The van der Waals surface area contributed by atoms with Gasteiger partial charge in [-0.15, -0.1) is 11.3 Å². The molecule has 1 saturated heterocycles. The van der Waals surface area contributed by atoms with E-state index in [-0.39, 0.29) is 17.8 Å². The first-order chi connectivity index (χ1) is 12.6. The fourth-order valence-corrected chi connectivity index (χ4v) is 3.69. The van der Waals surface area contributed by atoms with E-state index in [1.807, 2.05) is 31.2 Å². The maximum Gasteiger partial charge on any atom is 0.309 e. The zero-order valence-electron chi connectivity index (χ0n) is 15.0. The van der Waals surface area contributed by atoms with Crippen LogP contribution in [0, 0.1) is 12.8 Å². The molecule has 1 amide bonds. The number of carbonyl (C=O) groups excluding carboxylic acids is 2. The number of para-hydroxylation sites is 1. The number of ether oxygens (including phenoxy) is 1. The van der Waals surface area contributed by atoms with Crippen LogP contribution in [0.2, 0.25) is 0 Å². The van der Waals surface area contributed by atoms with Gasteiger partial charge in [0.1, 0.15) is 5.69 Å². The summed E-state index contributed by atoms with van der Waals surface area (Å²) in [6, 6.07) is 7.95. The molecule has 0 radical (unpaired) electrons. The van der Waals surface area contributed by atoms with Crippen LogP contribution in [0.3, 0.4) is 0 Å². The average molecular weight is 373 g/mol. The maximum atomic E-state index is 12.7. The van der Waals surface area contributed by atoms with Crippen LogP contribution >= 0.6 is 11.3 Å². The Morgan fingerprint density at radius 2 is 2.04 bits per heavy atom. The highest BCUT2D eigenvalue weighted by atomic mass is 32.1. The van der Waals surface area contributed by atoms with Gasteiger partial charge in [0.2, 0.25) is 0 Å². The molecule has 0 aliphatic carbocycles. The Labute approximate surface area is 157 Å². The van der Waals surface area contributed by atoms with Gasteiger partial charge in [0.25, 0.3) is 5.91 Å². The quantitative estimate of drug-likeness (QED) is 0.811. The van der Waals surface area contributed by atoms with E-state index < -0.39 is 0 Å². The van der Waals surface area contributed by atoms with Crippen molar-refractivity contribution in [2.75, 3.05) is 25.0 Å². The summed E-state index contributed by atoms with van der Waals surface area (Å²) in [6.07, 6.45) is 1.28. The number of aromatic nitrogens is 1. The van der Waals surface area contributed by atoms with Crippen molar-refractivity contribution in [3.05, 3.63) is 40.9 Å². The molecule has 7 heteroatoms. The maximum absolute atomic E-state index is 12.7. The monoisotopic (exact) mass is 373 g/mol. The largest absolute Gasteiger partial charge is 0.466 e. The van der Waals surface area contributed by atoms with E-state index in [4.69, 9.17) is 4.74 Å². The number of likely N-dealkylation sites (tertiary alicyclic amines) is 1.